The van der Waals surface area contributed by atoms with Crippen molar-refractivity contribution in [1.29, 1.82) is 0 Å². The molecule has 2 aromatic rings. The summed E-state index contributed by atoms with van der Waals surface area (Å²) in [5.41, 5.74) is 0.510. The Hall–Kier alpha value is -2.39. The number of nitro groups is 1. The minimum atomic E-state index is -3.77. The highest BCUT2D eigenvalue weighted by atomic mass is 32.2. The van der Waals surface area contributed by atoms with E-state index >= 15 is 0 Å². The maximum atomic E-state index is 11.2. The molecule has 8 nitrogen and oxygen atoms in total. The first-order valence-corrected chi connectivity index (χ1v) is 7.01. The third kappa shape index (κ3) is 3.33. The summed E-state index contributed by atoms with van der Waals surface area (Å²) >= 11 is 0. The van der Waals surface area contributed by atoms with E-state index in [0.717, 1.165) is 0 Å². The summed E-state index contributed by atoms with van der Waals surface area (Å²) in [6.07, 6.45) is 0. The van der Waals surface area contributed by atoms with E-state index < -0.39 is 14.9 Å². The molecular formula is C11H11N3O5S. The van der Waals surface area contributed by atoms with Gasteiger partial charge in [0.2, 0.25) is 10.0 Å². The molecule has 1 heterocycles. The molecule has 9 heteroatoms. The molecule has 1 aromatic carbocycles. The summed E-state index contributed by atoms with van der Waals surface area (Å²) in [7, 11) is -3.77. The number of sulfonamides is 1. The van der Waals surface area contributed by atoms with Gasteiger partial charge in [0, 0.05) is 5.69 Å². The van der Waals surface area contributed by atoms with E-state index in [-0.39, 0.29) is 17.3 Å². The van der Waals surface area contributed by atoms with Crippen molar-refractivity contribution in [2.45, 2.75) is 11.4 Å². The molecular weight excluding hydrogens is 286 g/mol. The Morgan fingerprint density at radius 1 is 1.30 bits per heavy atom. The quantitative estimate of drug-likeness (QED) is 0.634. The number of benzene rings is 1. The fraction of sp³-hybridized carbons (Fsp3) is 0.0909. The maximum Gasteiger partial charge on any atom is 0.433 e. The molecule has 0 fully saturated rings. The third-order valence-corrected chi connectivity index (χ3v) is 3.37. The largest absolute Gasteiger partial charge is 0.433 e. The SMILES string of the molecule is NS(=O)(=O)c1cccc(NCc2ccc([N+](=O)[O-])o2)c1. The second kappa shape index (κ2) is 5.31. The molecule has 2 rings (SSSR count). The molecule has 0 aliphatic rings. The Bertz CT molecular complexity index is 738. The number of rotatable bonds is 5. The van der Waals surface area contributed by atoms with Gasteiger partial charge >= 0.3 is 5.88 Å². The van der Waals surface area contributed by atoms with Gasteiger partial charge in [0.25, 0.3) is 0 Å². The first kappa shape index (κ1) is 14.0. The van der Waals surface area contributed by atoms with E-state index in [1.807, 2.05) is 0 Å². The number of anilines is 1. The summed E-state index contributed by atoms with van der Waals surface area (Å²) in [5.74, 6) is 0.0118. The topological polar surface area (TPSA) is 128 Å². The van der Waals surface area contributed by atoms with Crippen LogP contribution in [0.1, 0.15) is 5.76 Å². The fourth-order valence-corrected chi connectivity index (χ4v) is 2.09. The Kier molecular flexibility index (Phi) is 3.72. The standard InChI is InChI=1S/C11H11N3O5S/c12-20(17,18)10-3-1-2-8(6-10)13-7-9-4-5-11(19-9)14(15)16/h1-6,13H,7H2,(H2,12,17,18). The van der Waals surface area contributed by atoms with Crippen LogP contribution in [0.2, 0.25) is 0 Å². The Balaban J connectivity index is 2.09. The van der Waals surface area contributed by atoms with E-state index in [2.05, 4.69) is 5.32 Å². The van der Waals surface area contributed by atoms with Gasteiger partial charge in [0.15, 0.2) is 0 Å². The molecule has 0 radical (unpaired) electrons. The van der Waals surface area contributed by atoms with Crippen LogP contribution in [0.15, 0.2) is 45.7 Å². The van der Waals surface area contributed by atoms with Crippen molar-refractivity contribution >= 4 is 21.6 Å². The van der Waals surface area contributed by atoms with Crippen LogP contribution in [-0.4, -0.2) is 13.3 Å². The van der Waals surface area contributed by atoms with E-state index in [1.165, 1.54) is 30.3 Å². The highest BCUT2D eigenvalue weighted by Crippen LogP contribution is 2.18. The molecule has 0 saturated heterocycles. The van der Waals surface area contributed by atoms with Crippen LogP contribution in [0.4, 0.5) is 11.6 Å². The molecule has 0 aliphatic carbocycles. The third-order valence-electron chi connectivity index (χ3n) is 2.46. The van der Waals surface area contributed by atoms with Gasteiger partial charge in [0.05, 0.1) is 17.5 Å². The number of nitrogens with zero attached hydrogens (tertiary/aromatic N) is 1. The number of furan rings is 1. The van der Waals surface area contributed by atoms with Gasteiger partial charge in [-0.15, -0.1) is 0 Å². The molecule has 0 saturated carbocycles. The number of hydrogen-bond acceptors (Lipinski definition) is 6. The lowest BCUT2D eigenvalue weighted by atomic mass is 10.3. The van der Waals surface area contributed by atoms with Gasteiger partial charge in [0.1, 0.15) is 10.7 Å². The summed E-state index contributed by atoms with van der Waals surface area (Å²) in [5, 5.41) is 18.4. The van der Waals surface area contributed by atoms with Gasteiger partial charge in [-0.1, -0.05) is 6.07 Å². The van der Waals surface area contributed by atoms with Gasteiger partial charge < -0.3 is 9.73 Å². The van der Waals surface area contributed by atoms with E-state index in [9.17, 15) is 18.5 Å². The second-order valence-corrected chi connectivity index (χ2v) is 5.48. The predicted molar refractivity (Wildman–Crippen MR) is 70.5 cm³/mol. The van der Waals surface area contributed by atoms with E-state index in [0.29, 0.717) is 11.4 Å². The monoisotopic (exact) mass is 297 g/mol. The normalized spacial score (nSPS) is 11.2. The van der Waals surface area contributed by atoms with Crippen LogP contribution in [0.5, 0.6) is 0 Å². The molecule has 0 aliphatic heterocycles. The second-order valence-electron chi connectivity index (χ2n) is 3.92. The first-order chi connectivity index (χ1) is 9.36. The first-order valence-electron chi connectivity index (χ1n) is 5.46. The van der Waals surface area contributed by atoms with Crippen LogP contribution < -0.4 is 10.5 Å². The van der Waals surface area contributed by atoms with Crippen molar-refractivity contribution in [3.63, 3.8) is 0 Å². The van der Waals surface area contributed by atoms with Crippen molar-refractivity contribution < 1.29 is 17.8 Å². The highest BCUT2D eigenvalue weighted by Gasteiger charge is 2.12. The zero-order chi connectivity index (χ0) is 14.8. The van der Waals surface area contributed by atoms with Crippen LogP contribution in [-0.2, 0) is 16.6 Å². The lowest BCUT2D eigenvalue weighted by molar-refractivity contribution is -0.402. The Labute approximate surface area is 114 Å². The predicted octanol–water partition coefficient (Wildman–Crippen LogP) is 1.45. The molecule has 0 bridgehead atoms. The molecule has 0 atom stereocenters. The van der Waals surface area contributed by atoms with Crippen molar-refractivity contribution in [3.05, 3.63) is 52.3 Å². The molecule has 1 aromatic heterocycles. The lowest BCUT2D eigenvalue weighted by Crippen LogP contribution is -2.12. The van der Waals surface area contributed by atoms with Crippen LogP contribution in [0.3, 0.4) is 0 Å². The average molecular weight is 297 g/mol. The minimum Gasteiger partial charge on any atom is -0.404 e. The molecule has 0 unspecified atom stereocenters. The number of primary sulfonamides is 1. The van der Waals surface area contributed by atoms with Crippen molar-refractivity contribution in [2.75, 3.05) is 5.32 Å². The minimum absolute atomic E-state index is 0.0204. The Morgan fingerprint density at radius 3 is 2.65 bits per heavy atom. The smallest absolute Gasteiger partial charge is 0.404 e. The van der Waals surface area contributed by atoms with Crippen LogP contribution in [0, 0.1) is 10.1 Å². The highest BCUT2D eigenvalue weighted by molar-refractivity contribution is 7.89. The van der Waals surface area contributed by atoms with E-state index in [1.54, 1.807) is 6.07 Å². The lowest BCUT2D eigenvalue weighted by Gasteiger charge is -2.05. The summed E-state index contributed by atoms with van der Waals surface area (Å²) in [6, 6.07) is 8.63. The molecule has 106 valence electrons. The van der Waals surface area contributed by atoms with Gasteiger partial charge in [-0.3, -0.25) is 10.1 Å². The molecule has 0 spiro atoms. The number of nitrogens with one attached hydrogen (secondary N) is 1. The summed E-state index contributed by atoms with van der Waals surface area (Å²) in [4.78, 5) is 9.80. The van der Waals surface area contributed by atoms with E-state index in [4.69, 9.17) is 9.56 Å². The van der Waals surface area contributed by atoms with Crippen molar-refractivity contribution in [1.82, 2.24) is 0 Å². The van der Waals surface area contributed by atoms with Crippen molar-refractivity contribution in [3.8, 4) is 0 Å². The van der Waals surface area contributed by atoms with Crippen LogP contribution >= 0.6 is 0 Å². The van der Waals surface area contributed by atoms with Gasteiger partial charge in [-0.05, 0) is 24.3 Å². The zero-order valence-corrected chi connectivity index (χ0v) is 11.0. The number of nitrogens with two attached hydrogens (primary N) is 1. The molecule has 0 amide bonds. The van der Waals surface area contributed by atoms with Crippen molar-refractivity contribution in [2.24, 2.45) is 5.14 Å². The molecule has 20 heavy (non-hydrogen) atoms. The molecule has 3 N–H and O–H groups in total. The van der Waals surface area contributed by atoms with Gasteiger partial charge in [-0.2, -0.15) is 0 Å². The van der Waals surface area contributed by atoms with Crippen LogP contribution in [0.25, 0.3) is 0 Å². The number of hydrogen-bond donors (Lipinski definition) is 2. The average Bonchev–Trinajstić information content (AvgIpc) is 2.85. The summed E-state index contributed by atoms with van der Waals surface area (Å²) in [6.45, 7) is 0.182. The summed E-state index contributed by atoms with van der Waals surface area (Å²) < 4.78 is 27.3. The zero-order valence-electron chi connectivity index (χ0n) is 10.1. The Morgan fingerprint density at radius 2 is 2.05 bits per heavy atom. The maximum absolute atomic E-state index is 11.2. The van der Waals surface area contributed by atoms with Gasteiger partial charge in [-0.25, -0.2) is 13.6 Å². The fourth-order valence-electron chi connectivity index (χ4n) is 1.53.